The second-order valence-corrected chi connectivity index (χ2v) is 6.33. The summed E-state index contributed by atoms with van der Waals surface area (Å²) in [5.41, 5.74) is 1.02. The van der Waals surface area contributed by atoms with Gasteiger partial charge >= 0.3 is 6.03 Å². The van der Waals surface area contributed by atoms with Crippen LogP contribution in [0, 0.1) is 5.92 Å². The third-order valence-electron chi connectivity index (χ3n) is 4.36. The van der Waals surface area contributed by atoms with Gasteiger partial charge in [0.25, 0.3) is 0 Å². The highest BCUT2D eigenvalue weighted by Gasteiger charge is 2.16. The number of rotatable bonds is 5. The summed E-state index contributed by atoms with van der Waals surface area (Å²) in [5.74, 6) is 1.86. The highest BCUT2D eigenvalue weighted by Crippen LogP contribution is 2.21. The lowest BCUT2D eigenvalue weighted by Gasteiger charge is -2.31. The Balaban J connectivity index is 1.80. The Kier molecular flexibility index (Phi) is 6.04. The number of carbonyl (C=O) groups is 1. The number of aromatic nitrogens is 1. The summed E-state index contributed by atoms with van der Waals surface area (Å²) in [6.07, 6.45) is 5.26. The molecule has 1 aromatic rings. The SMILES string of the molecule is CCC(C)NC(=O)NCc1ccc(N2CCC(C)CC2)nc1. The highest BCUT2D eigenvalue weighted by atomic mass is 16.2. The summed E-state index contributed by atoms with van der Waals surface area (Å²) in [6.45, 7) is 9.03. The zero-order valence-corrected chi connectivity index (χ0v) is 13.9. The number of pyridine rings is 1. The van der Waals surface area contributed by atoms with Crippen LogP contribution in [-0.2, 0) is 6.54 Å². The first-order chi connectivity index (χ1) is 10.6. The summed E-state index contributed by atoms with van der Waals surface area (Å²) in [6, 6.07) is 4.18. The van der Waals surface area contributed by atoms with E-state index in [1.807, 2.05) is 19.2 Å². The van der Waals surface area contributed by atoms with Gasteiger partial charge in [-0.1, -0.05) is 19.9 Å². The molecule has 2 N–H and O–H groups in total. The Morgan fingerprint density at radius 2 is 2.14 bits per heavy atom. The third-order valence-corrected chi connectivity index (χ3v) is 4.36. The molecule has 122 valence electrons. The van der Waals surface area contributed by atoms with Crippen LogP contribution in [0.5, 0.6) is 0 Å². The second kappa shape index (κ2) is 8.01. The van der Waals surface area contributed by atoms with Gasteiger partial charge in [-0.25, -0.2) is 9.78 Å². The molecule has 1 unspecified atom stereocenters. The molecule has 0 aromatic carbocycles. The van der Waals surface area contributed by atoms with Gasteiger partial charge in [0.05, 0.1) is 0 Å². The van der Waals surface area contributed by atoms with Gasteiger partial charge in [-0.3, -0.25) is 0 Å². The van der Waals surface area contributed by atoms with E-state index in [-0.39, 0.29) is 12.1 Å². The number of urea groups is 1. The Labute approximate surface area is 133 Å². The van der Waals surface area contributed by atoms with Crippen LogP contribution in [0.3, 0.4) is 0 Å². The van der Waals surface area contributed by atoms with Gasteiger partial charge in [0.15, 0.2) is 0 Å². The van der Waals surface area contributed by atoms with E-state index in [9.17, 15) is 4.79 Å². The summed E-state index contributed by atoms with van der Waals surface area (Å²) < 4.78 is 0. The lowest BCUT2D eigenvalue weighted by molar-refractivity contribution is 0.237. The number of amides is 2. The van der Waals surface area contributed by atoms with Gasteiger partial charge in [-0.2, -0.15) is 0 Å². The van der Waals surface area contributed by atoms with E-state index in [0.717, 1.165) is 36.8 Å². The van der Waals surface area contributed by atoms with Crippen LogP contribution in [0.1, 0.15) is 45.6 Å². The minimum atomic E-state index is -0.122. The van der Waals surface area contributed by atoms with Crippen LogP contribution in [0.4, 0.5) is 10.6 Å². The van der Waals surface area contributed by atoms with Crippen molar-refractivity contribution in [3.05, 3.63) is 23.9 Å². The number of carbonyl (C=O) groups excluding carboxylic acids is 1. The fraction of sp³-hybridized carbons (Fsp3) is 0.647. The van der Waals surface area contributed by atoms with E-state index >= 15 is 0 Å². The zero-order chi connectivity index (χ0) is 15.9. The first-order valence-electron chi connectivity index (χ1n) is 8.32. The number of nitrogens with one attached hydrogen (secondary N) is 2. The summed E-state index contributed by atoms with van der Waals surface area (Å²) in [4.78, 5) is 18.6. The van der Waals surface area contributed by atoms with Crippen molar-refractivity contribution in [1.29, 1.82) is 0 Å². The maximum Gasteiger partial charge on any atom is 0.315 e. The molecule has 2 heterocycles. The number of piperidine rings is 1. The smallest absolute Gasteiger partial charge is 0.315 e. The van der Waals surface area contributed by atoms with Crippen molar-refractivity contribution < 1.29 is 4.79 Å². The predicted octanol–water partition coefficient (Wildman–Crippen LogP) is 2.92. The average Bonchev–Trinajstić information content (AvgIpc) is 2.54. The molecule has 1 aliphatic rings. The highest BCUT2D eigenvalue weighted by molar-refractivity contribution is 5.74. The normalized spacial score (nSPS) is 17.1. The third kappa shape index (κ3) is 4.90. The molecular weight excluding hydrogens is 276 g/mol. The number of hydrogen-bond acceptors (Lipinski definition) is 3. The van der Waals surface area contributed by atoms with Gasteiger partial charge in [-0.15, -0.1) is 0 Å². The largest absolute Gasteiger partial charge is 0.357 e. The Morgan fingerprint density at radius 1 is 1.41 bits per heavy atom. The molecule has 0 radical (unpaired) electrons. The molecule has 5 heteroatoms. The van der Waals surface area contributed by atoms with Crippen molar-refractivity contribution in [3.63, 3.8) is 0 Å². The summed E-state index contributed by atoms with van der Waals surface area (Å²) >= 11 is 0. The first kappa shape index (κ1) is 16.6. The fourth-order valence-corrected chi connectivity index (χ4v) is 2.51. The standard InChI is InChI=1S/C17H28N4O/c1-4-14(3)20-17(22)19-12-15-5-6-16(18-11-15)21-9-7-13(2)8-10-21/h5-6,11,13-14H,4,7-10,12H2,1-3H3,(H2,19,20,22). The molecule has 1 saturated heterocycles. The number of nitrogens with zero attached hydrogens (tertiary/aromatic N) is 2. The quantitative estimate of drug-likeness (QED) is 0.879. The van der Waals surface area contributed by atoms with E-state index in [4.69, 9.17) is 0 Å². The number of anilines is 1. The van der Waals surface area contributed by atoms with E-state index in [2.05, 4.69) is 40.4 Å². The fourth-order valence-electron chi connectivity index (χ4n) is 2.51. The molecule has 5 nitrogen and oxygen atoms in total. The molecule has 0 bridgehead atoms. The Bertz CT molecular complexity index is 466. The number of hydrogen-bond donors (Lipinski definition) is 2. The van der Waals surface area contributed by atoms with Crippen LogP contribution in [0.2, 0.25) is 0 Å². The van der Waals surface area contributed by atoms with Crippen molar-refractivity contribution in [2.45, 2.75) is 52.6 Å². The lowest BCUT2D eigenvalue weighted by Crippen LogP contribution is -2.40. The van der Waals surface area contributed by atoms with Crippen molar-refractivity contribution in [1.82, 2.24) is 15.6 Å². The lowest BCUT2D eigenvalue weighted by atomic mass is 9.99. The van der Waals surface area contributed by atoms with Gasteiger partial charge in [0.1, 0.15) is 5.82 Å². The van der Waals surface area contributed by atoms with Crippen molar-refractivity contribution >= 4 is 11.8 Å². The maximum absolute atomic E-state index is 11.7. The van der Waals surface area contributed by atoms with Gasteiger partial charge in [0.2, 0.25) is 0 Å². The van der Waals surface area contributed by atoms with Crippen LogP contribution < -0.4 is 15.5 Å². The van der Waals surface area contributed by atoms with Crippen LogP contribution in [0.15, 0.2) is 18.3 Å². The molecule has 0 aliphatic carbocycles. The van der Waals surface area contributed by atoms with E-state index in [1.54, 1.807) is 0 Å². The monoisotopic (exact) mass is 304 g/mol. The van der Waals surface area contributed by atoms with Crippen LogP contribution in [0.25, 0.3) is 0 Å². The minimum Gasteiger partial charge on any atom is -0.357 e. The topological polar surface area (TPSA) is 57.3 Å². The van der Waals surface area contributed by atoms with Gasteiger partial charge in [-0.05, 0) is 43.7 Å². The Morgan fingerprint density at radius 3 is 2.73 bits per heavy atom. The van der Waals surface area contributed by atoms with Crippen molar-refractivity contribution in [2.75, 3.05) is 18.0 Å². The molecule has 1 aromatic heterocycles. The minimum absolute atomic E-state index is 0.122. The molecule has 2 rings (SSSR count). The molecule has 0 saturated carbocycles. The molecular formula is C17H28N4O. The molecule has 22 heavy (non-hydrogen) atoms. The van der Waals surface area contributed by atoms with E-state index in [0.29, 0.717) is 6.54 Å². The first-order valence-corrected chi connectivity index (χ1v) is 8.32. The molecule has 1 atom stereocenters. The van der Waals surface area contributed by atoms with Crippen LogP contribution >= 0.6 is 0 Å². The molecule has 1 fully saturated rings. The van der Waals surface area contributed by atoms with E-state index < -0.39 is 0 Å². The molecule has 0 spiro atoms. The van der Waals surface area contributed by atoms with Gasteiger partial charge < -0.3 is 15.5 Å². The van der Waals surface area contributed by atoms with Gasteiger partial charge in [0, 0.05) is 31.9 Å². The average molecular weight is 304 g/mol. The van der Waals surface area contributed by atoms with Crippen LogP contribution in [-0.4, -0.2) is 30.1 Å². The van der Waals surface area contributed by atoms with Crippen molar-refractivity contribution in [2.24, 2.45) is 5.92 Å². The molecule has 2 amide bonds. The summed E-state index contributed by atoms with van der Waals surface area (Å²) in [5, 5.41) is 5.75. The zero-order valence-electron chi connectivity index (χ0n) is 13.9. The van der Waals surface area contributed by atoms with Crippen molar-refractivity contribution in [3.8, 4) is 0 Å². The summed E-state index contributed by atoms with van der Waals surface area (Å²) in [7, 11) is 0. The second-order valence-electron chi connectivity index (χ2n) is 6.33. The maximum atomic E-state index is 11.7. The molecule has 1 aliphatic heterocycles. The Hall–Kier alpha value is -1.78. The van der Waals surface area contributed by atoms with E-state index in [1.165, 1.54) is 12.8 Å². The predicted molar refractivity (Wildman–Crippen MR) is 90.0 cm³/mol.